The summed E-state index contributed by atoms with van der Waals surface area (Å²) in [4.78, 5) is 19.6. The van der Waals surface area contributed by atoms with Gasteiger partial charge in [0, 0.05) is 29.2 Å². The molecule has 5 nitrogen and oxygen atoms in total. The molecular formula is C26H18ClF3N2O3. The number of benzene rings is 2. The van der Waals surface area contributed by atoms with Crippen LogP contribution in [0.4, 0.5) is 18.9 Å². The van der Waals surface area contributed by atoms with Crippen molar-refractivity contribution in [1.29, 1.82) is 0 Å². The minimum atomic E-state index is -4.59. The fourth-order valence-corrected chi connectivity index (χ4v) is 4.82. The predicted octanol–water partition coefficient (Wildman–Crippen LogP) is 6.01. The zero-order valence-electron chi connectivity index (χ0n) is 18.1. The third-order valence-corrected chi connectivity index (χ3v) is 6.40. The van der Waals surface area contributed by atoms with Crippen LogP contribution in [0.2, 0.25) is 0 Å². The van der Waals surface area contributed by atoms with Crippen LogP contribution in [0.25, 0.3) is 11.1 Å². The maximum absolute atomic E-state index is 14.0. The molecule has 9 heteroatoms. The van der Waals surface area contributed by atoms with Gasteiger partial charge in [0.2, 0.25) is 11.7 Å². The molecule has 4 heterocycles. The molecule has 178 valence electrons. The highest BCUT2D eigenvalue weighted by Gasteiger charge is 2.57. The lowest BCUT2D eigenvalue weighted by Gasteiger charge is -2.23. The van der Waals surface area contributed by atoms with E-state index >= 15 is 0 Å². The van der Waals surface area contributed by atoms with Crippen LogP contribution in [0.3, 0.4) is 0 Å². The zero-order chi connectivity index (χ0) is 23.5. The maximum Gasteiger partial charge on any atom is 0.449 e. The second-order valence-corrected chi connectivity index (χ2v) is 8.32. The Morgan fingerprint density at radius 3 is 2.54 bits per heavy atom. The van der Waals surface area contributed by atoms with Gasteiger partial charge < -0.3 is 14.1 Å². The first kappa shape index (κ1) is 23.0. The van der Waals surface area contributed by atoms with Crippen molar-refractivity contribution >= 4 is 24.0 Å². The number of furan rings is 1. The van der Waals surface area contributed by atoms with Crippen LogP contribution in [0.5, 0.6) is 5.75 Å². The van der Waals surface area contributed by atoms with Gasteiger partial charge in [-0.25, -0.2) is 0 Å². The van der Waals surface area contributed by atoms with Gasteiger partial charge in [0.25, 0.3) is 0 Å². The number of amides is 1. The number of para-hydroxylation sites is 1. The summed E-state index contributed by atoms with van der Waals surface area (Å²) >= 11 is 0. The molecule has 0 radical (unpaired) electrons. The van der Waals surface area contributed by atoms with Gasteiger partial charge in [-0.15, -0.1) is 12.4 Å². The molecule has 2 aliphatic rings. The number of hydrogen-bond donors (Lipinski definition) is 0. The number of carbonyl (C=O) groups is 1. The zero-order valence-corrected chi connectivity index (χ0v) is 18.9. The Bertz CT molecular complexity index is 1420. The number of anilines is 1. The molecule has 1 unspecified atom stereocenters. The first-order chi connectivity index (χ1) is 16.4. The van der Waals surface area contributed by atoms with Gasteiger partial charge >= 0.3 is 6.18 Å². The number of rotatable bonds is 3. The first-order valence-electron chi connectivity index (χ1n) is 10.6. The van der Waals surface area contributed by atoms with E-state index in [0.717, 1.165) is 28.3 Å². The highest BCUT2D eigenvalue weighted by molar-refractivity contribution is 6.11. The Hall–Kier alpha value is -3.78. The molecular weight excluding hydrogens is 481 g/mol. The molecule has 0 bridgehead atoms. The second kappa shape index (κ2) is 8.16. The van der Waals surface area contributed by atoms with Gasteiger partial charge in [0.05, 0.1) is 6.54 Å². The Kier molecular flexibility index (Phi) is 5.36. The van der Waals surface area contributed by atoms with E-state index in [2.05, 4.69) is 4.98 Å². The number of ether oxygens (including phenoxy) is 1. The fraction of sp³-hybridized carbons (Fsp3) is 0.154. The van der Waals surface area contributed by atoms with Crippen molar-refractivity contribution in [3.05, 3.63) is 102 Å². The van der Waals surface area contributed by atoms with Gasteiger partial charge in [0.15, 0.2) is 0 Å². The number of alkyl halides is 3. The molecule has 0 aliphatic carbocycles. The van der Waals surface area contributed by atoms with Gasteiger partial charge in [-0.2, -0.15) is 13.2 Å². The Morgan fingerprint density at radius 2 is 1.80 bits per heavy atom. The number of pyridine rings is 1. The fourth-order valence-electron chi connectivity index (χ4n) is 4.82. The van der Waals surface area contributed by atoms with E-state index in [9.17, 15) is 18.0 Å². The van der Waals surface area contributed by atoms with Crippen LogP contribution >= 0.6 is 12.4 Å². The van der Waals surface area contributed by atoms with E-state index in [1.807, 2.05) is 42.5 Å². The molecule has 6 rings (SSSR count). The largest absolute Gasteiger partial charge is 0.491 e. The van der Waals surface area contributed by atoms with Crippen molar-refractivity contribution < 1.29 is 27.1 Å². The molecule has 0 saturated carbocycles. The molecule has 2 aliphatic heterocycles. The summed E-state index contributed by atoms with van der Waals surface area (Å²) in [6, 6.07) is 18.9. The van der Waals surface area contributed by atoms with Gasteiger partial charge in [0.1, 0.15) is 23.5 Å². The molecule has 0 saturated heterocycles. The molecule has 35 heavy (non-hydrogen) atoms. The number of halogens is 4. The first-order valence-corrected chi connectivity index (χ1v) is 10.6. The molecule has 2 aromatic carbocycles. The molecule has 2 aromatic heterocycles. The summed E-state index contributed by atoms with van der Waals surface area (Å²) < 4.78 is 50.0. The van der Waals surface area contributed by atoms with Crippen molar-refractivity contribution in [3.8, 4) is 16.9 Å². The van der Waals surface area contributed by atoms with Crippen LogP contribution in [0.1, 0.15) is 22.6 Å². The Labute approximate surface area is 204 Å². The SMILES string of the molecule is Cl.O=C1N(Cc2ccc(C(F)(F)F)o2)c2ccccc2C12COc1ccc(-c3cccnc3)cc12. The highest BCUT2D eigenvalue weighted by Crippen LogP contribution is 2.53. The van der Waals surface area contributed by atoms with Gasteiger partial charge in [-0.3, -0.25) is 9.78 Å². The van der Waals surface area contributed by atoms with Crippen molar-refractivity contribution in [3.63, 3.8) is 0 Å². The summed E-state index contributed by atoms with van der Waals surface area (Å²) in [5.41, 5.74) is 2.80. The summed E-state index contributed by atoms with van der Waals surface area (Å²) in [5, 5.41) is 0. The van der Waals surface area contributed by atoms with Gasteiger partial charge in [-0.05, 0) is 47.5 Å². The average Bonchev–Trinajstić information content (AvgIpc) is 3.53. The van der Waals surface area contributed by atoms with Crippen molar-refractivity contribution in [2.45, 2.75) is 18.1 Å². The maximum atomic E-state index is 14.0. The van der Waals surface area contributed by atoms with Crippen LogP contribution in [-0.2, 0) is 22.9 Å². The normalized spacial score (nSPS) is 18.3. The van der Waals surface area contributed by atoms with Crippen LogP contribution < -0.4 is 9.64 Å². The monoisotopic (exact) mass is 498 g/mol. The summed E-state index contributed by atoms with van der Waals surface area (Å²) in [6.45, 7) is -0.0115. The average molecular weight is 499 g/mol. The molecule has 1 amide bonds. The molecule has 1 spiro atoms. The predicted molar refractivity (Wildman–Crippen MR) is 125 cm³/mol. The van der Waals surface area contributed by atoms with Crippen LogP contribution in [-0.4, -0.2) is 17.5 Å². The highest BCUT2D eigenvalue weighted by atomic mass is 35.5. The minimum absolute atomic E-state index is 0. The van der Waals surface area contributed by atoms with E-state index < -0.39 is 17.4 Å². The van der Waals surface area contributed by atoms with E-state index in [1.54, 1.807) is 24.5 Å². The number of nitrogens with zero attached hydrogens (tertiary/aromatic N) is 2. The second-order valence-electron chi connectivity index (χ2n) is 8.32. The molecule has 1 atom stereocenters. The van der Waals surface area contributed by atoms with Crippen molar-refractivity contribution in [1.82, 2.24) is 4.98 Å². The topological polar surface area (TPSA) is 55.6 Å². The lowest BCUT2D eigenvalue weighted by Crippen LogP contribution is -2.42. The van der Waals surface area contributed by atoms with Crippen LogP contribution in [0.15, 0.2) is 83.5 Å². The molecule has 0 fully saturated rings. The standard InChI is InChI=1S/C26H17F3N2O3.ClH/c27-26(28,29)23-10-8-18(34-23)14-31-21-6-2-1-5-19(21)25(24(31)32)15-33-22-9-7-16(12-20(22)25)17-4-3-11-30-13-17;/h1-13H,14-15H2;1H. The third kappa shape index (κ3) is 3.47. The number of carbonyl (C=O) groups excluding carboxylic acids is 1. The summed E-state index contributed by atoms with van der Waals surface area (Å²) in [7, 11) is 0. The Balaban J connectivity index is 0.00000253. The smallest absolute Gasteiger partial charge is 0.449 e. The lowest BCUT2D eigenvalue weighted by atomic mass is 9.76. The third-order valence-electron chi connectivity index (χ3n) is 6.40. The summed E-state index contributed by atoms with van der Waals surface area (Å²) in [6.07, 6.45) is -1.15. The minimum Gasteiger partial charge on any atom is -0.491 e. The number of hydrogen-bond acceptors (Lipinski definition) is 4. The van der Waals surface area contributed by atoms with E-state index in [4.69, 9.17) is 9.15 Å². The van der Waals surface area contributed by atoms with E-state index in [-0.39, 0.29) is 37.2 Å². The van der Waals surface area contributed by atoms with Crippen LogP contribution in [0, 0.1) is 0 Å². The number of aromatic nitrogens is 1. The van der Waals surface area contributed by atoms with Crippen molar-refractivity contribution in [2.24, 2.45) is 0 Å². The van der Waals surface area contributed by atoms with Crippen molar-refractivity contribution in [2.75, 3.05) is 11.5 Å². The Morgan fingerprint density at radius 1 is 0.971 bits per heavy atom. The molecule has 0 N–H and O–H groups in total. The number of fused-ring (bicyclic) bond motifs is 4. The quantitative estimate of drug-likeness (QED) is 0.347. The van der Waals surface area contributed by atoms with Gasteiger partial charge in [-0.1, -0.05) is 30.3 Å². The molecule has 4 aromatic rings. The van der Waals surface area contributed by atoms with E-state index in [0.29, 0.717) is 11.4 Å². The lowest BCUT2D eigenvalue weighted by molar-refractivity contribution is -0.153. The summed E-state index contributed by atoms with van der Waals surface area (Å²) in [5.74, 6) is -0.695. The van der Waals surface area contributed by atoms with E-state index in [1.165, 1.54) is 11.0 Å².